The van der Waals surface area contributed by atoms with Crippen LogP contribution in [-0.2, 0) is 9.05 Å². The molecule has 7 nitrogen and oxygen atoms in total. The van der Waals surface area contributed by atoms with Crippen molar-refractivity contribution in [2.45, 2.75) is 17.7 Å². The zero-order valence-electron chi connectivity index (χ0n) is 10.5. The minimum absolute atomic E-state index is 0.00725. The lowest BCUT2D eigenvalue weighted by atomic mass is 10.2. The maximum atomic E-state index is 11.5. The number of rotatable bonds is 6. The van der Waals surface area contributed by atoms with Gasteiger partial charge in [0.05, 0.1) is 24.7 Å². The number of nitro groups is 1. The third-order valence-corrected chi connectivity index (χ3v) is 4.18. The van der Waals surface area contributed by atoms with E-state index >= 15 is 0 Å². The Morgan fingerprint density at radius 3 is 2.55 bits per heavy atom. The molecule has 0 amide bonds. The summed E-state index contributed by atoms with van der Waals surface area (Å²) in [6, 6.07) is 1.98. The quantitative estimate of drug-likeness (QED) is 0.453. The van der Waals surface area contributed by atoms with Crippen LogP contribution in [0.5, 0.6) is 11.5 Å². The average molecular weight is 322 g/mol. The van der Waals surface area contributed by atoms with Gasteiger partial charge in [0.1, 0.15) is 4.90 Å². The Bertz CT molecular complexity index is 641. The third kappa shape index (κ3) is 3.31. The Morgan fingerprint density at radius 2 is 2.10 bits per heavy atom. The van der Waals surface area contributed by atoms with E-state index in [2.05, 4.69) is 0 Å². The summed E-state index contributed by atoms with van der Waals surface area (Å²) in [7, 11) is 2.34. The number of hydrogen-bond donors (Lipinski definition) is 0. The molecule has 9 heteroatoms. The molecule has 0 aliphatic heterocycles. The maximum Gasteiger partial charge on any atom is 0.274 e. The van der Waals surface area contributed by atoms with Gasteiger partial charge in [-0.3, -0.25) is 10.1 Å². The molecule has 110 valence electrons. The fraction of sp³-hybridized carbons (Fsp3) is 0.455. The highest BCUT2D eigenvalue weighted by Crippen LogP contribution is 2.40. The molecule has 0 heterocycles. The Labute approximate surface area is 120 Å². The number of non-ortho nitro benzene ring substituents is 1. The van der Waals surface area contributed by atoms with E-state index in [1.165, 1.54) is 7.11 Å². The summed E-state index contributed by atoms with van der Waals surface area (Å²) < 4.78 is 33.4. The van der Waals surface area contributed by atoms with E-state index in [0.29, 0.717) is 12.5 Å². The Hall–Kier alpha value is -1.54. The van der Waals surface area contributed by atoms with Gasteiger partial charge < -0.3 is 9.47 Å². The molecule has 0 saturated heterocycles. The molecule has 1 saturated carbocycles. The van der Waals surface area contributed by atoms with Gasteiger partial charge in [-0.2, -0.15) is 0 Å². The lowest BCUT2D eigenvalue weighted by molar-refractivity contribution is -0.385. The first-order valence-electron chi connectivity index (χ1n) is 5.77. The summed E-state index contributed by atoms with van der Waals surface area (Å²) >= 11 is 0. The van der Waals surface area contributed by atoms with E-state index in [0.717, 1.165) is 25.0 Å². The Kier molecular flexibility index (Phi) is 4.05. The van der Waals surface area contributed by atoms with Crippen molar-refractivity contribution < 1.29 is 22.8 Å². The van der Waals surface area contributed by atoms with Gasteiger partial charge >= 0.3 is 0 Å². The molecule has 0 atom stereocenters. The normalized spacial score (nSPS) is 14.9. The maximum absolute atomic E-state index is 11.5. The summed E-state index contributed by atoms with van der Waals surface area (Å²) in [5.74, 6) is 0.286. The number of nitro benzene ring substituents is 1. The predicted octanol–water partition coefficient (Wildman–Crippen LogP) is 2.32. The second-order valence-electron chi connectivity index (χ2n) is 4.42. The van der Waals surface area contributed by atoms with Gasteiger partial charge in [0, 0.05) is 16.7 Å². The largest absolute Gasteiger partial charge is 0.492 e. The van der Waals surface area contributed by atoms with Gasteiger partial charge in [-0.1, -0.05) is 0 Å². The van der Waals surface area contributed by atoms with Crippen LogP contribution in [0, 0.1) is 16.0 Å². The topological polar surface area (TPSA) is 95.7 Å². The fourth-order valence-electron chi connectivity index (χ4n) is 1.65. The number of hydrogen-bond acceptors (Lipinski definition) is 6. The fourth-order valence-corrected chi connectivity index (χ4v) is 2.66. The first-order chi connectivity index (χ1) is 9.32. The van der Waals surface area contributed by atoms with E-state index in [-0.39, 0.29) is 11.5 Å². The van der Waals surface area contributed by atoms with Gasteiger partial charge in [-0.05, 0) is 18.8 Å². The van der Waals surface area contributed by atoms with Gasteiger partial charge in [-0.25, -0.2) is 8.42 Å². The van der Waals surface area contributed by atoms with Gasteiger partial charge in [-0.15, -0.1) is 0 Å². The van der Waals surface area contributed by atoms with Gasteiger partial charge in [0.25, 0.3) is 14.7 Å². The molecule has 1 aliphatic carbocycles. The van der Waals surface area contributed by atoms with Crippen LogP contribution in [-0.4, -0.2) is 27.1 Å². The summed E-state index contributed by atoms with van der Waals surface area (Å²) in [4.78, 5) is 9.67. The first-order valence-corrected chi connectivity index (χ1v) is 8.07. The predicted molar refractivity (Wildman–Crippen MR) is 70.9 cm³/mol. The van der Waals surface area contributed by atoms with Crippen LogP contribution < -0.4 is 9.47 Å². The van der Waals surface area contributed by atoms with Crippen molar-refractivity contribution in [3.05, 3.63) is 22.2 Å². The van der Waals surface area contributed by atoms with Crippen LogP contribution in [0.3, 0.4) is 0 Å². The molecule has 0 aromatic heterocycles. The zero-order chi connectivity index (χ0) is 14.9. The van der Waals surface area contributed by atoms with E-state index in [1.807, 2.05) is 0 Å². The summed E-state index contributed by atoms with van der Waals surface area (Å²) in [6.07, 6.45) is 2.05. The number of halogens is 1. The number of nitrogens with zero attached hydrogens (tertiary/aromatic N) is 1. The molecule has 2 rings (SSSR count). The molecule has 1 aromatic rings. The van der Waals surface area contributed by atoms with Crippen LogP contribution in [0.1, 0.15) is 12.8 Å². The lowest BCUT2D eigenvalue weighted by Gasteiger charge is -2.12. The van der Waals surface area contributed by atoms with Gasteiger partial charge in [0.2, 0.25) is 0 Å². The van der Waals surface area contributed by atoms with Crippen LogP contribution in [0.25, 0.3) is 0 Å². The second kappa shape index (κ2) is 5.45. The minimum atomic E-state index is -4.18. The van der Waals surface area contributed by atoms with E-state index in [1.54, 1.807) is 0 Å². The molecular formula is C11H12ClNO6S. The van der Waals surface area contributed by atoms with Crippen LogP contribution in [0.15, 0.2) is 17.0 Å². The van der Waals surface area contributed by atoms with Crippen molar-refractivity contribution in [2.75, 3.05) is 13.7 Å². The van der Waals surface area contributed by atoms with Crippen LogP contribution in [0.2, 0.25) is 0 Å². The molecule has 0 radical (unpaired) electrons. The highest BCUT2D eigenvalue weighted by Gasteiger charge is 2.28. The van der Waals surface area contributed by atoms with E-state index in [4.69, 9.17) is 20.2 Å². The number of benzene rings is 1. The molecule has 1 fully saturated rings. The summed E-state index contributed by atoms with van der Waals surface area (Å²) in [5.41, 5.74) is -0.421. The SMILES string of the molecule is COc1c(OCC2CC2)cc([N+](=O)[O-])cc1S(=O)(=O)Cl. The van der Waals surface area contributed by atoms with Crippen molar-refractivity contribution in [2.24, 2.45) is 5.92 Å². The smallest absolute Gasteiger partial charge is 0.274 e. The number of methoxy groups -OCH3 is 1. The van der Waals surface area contributed by atoms with Crippen molar-refractivity contribution in [1.29, 1.82) is 0 Å². The number of ether oxygens (including phenoxy) is 2. The first kappa shape index (κ1) is 14.9. The highest BCUT2D eigenvalue weighted by atomic mass is 35.7. The van der Waals surface area contributed by atoms with Crippen molar-refractivity contribution in [1.82, 2.24) is 0 Å². The van der Waals surface area contributed by atoms with E-state index < -0.39 is 24.6 Å². The minimum Gasteiger partial charge on any atom is -0.492 e. The third-order valence-electron chi connectivity index (χ3n) is 2.85. The molecule has 0 bridgehead atoms. The van der Waals surface area contributed by atoms with Gasteiger partial charge in [0.15, 0.2) is 11.5 Å². The van der Waals surface area contributed by atoms with Crippen LogP contribution in [0.4, 0.5) is 5.69 Å². The summed E-state index contributed by atoms with van der Waals surface area (Å²) in [5, 5.41) is 10.9. The monoisotopic (exact) mass is 321 g/mol. The molecule has 1 aromatic carbocycles. The van der Waals surface area contributed by atoms with Crippen molar-refractivity contribution in [3.8, 4) is 11.5 Å². The molecule has 0 spiro atoms. The highest BCUT2D eigenvalue weighted by molar-refractivity contribution is 8.13. The van der Waals surface area contributed by atoms with E-state index in [9.17, 15) is 18.5 Å². The zero-order valence-corrected chi connectivity index (χ0v) is 12.1. The van der Waals surface area contributed by atoms with Crippen molar-refractivity contribution >= 4 is 25.4 Å². The van der Waals surface area contributed by atoms with Crippen molar-refractivity contribution in [3.63, 3.8) is 0 Å². The molecule has 0 unspecified atom stereocenters. The average Bonchev–Trinajstić information content (AvgIpc) is 3.17. The molecular weight excluding hydrogens is 310 g/mol. The Balaban J connectivity index is 2.50. The molecule has 20 heavy (non-hydrogen) atoms. The lowest BCUT2D eigenvalue weighted by Crippen LogP contribution is -2.05. The van der Waals surface area contributed by atoms with Crippen LogP contribution >= 0.6 is 10.7 Å². The Morgan fingerprint density at radius 1 is 1.45 bits per heavy atom. The standard InChI is InChI=1S/C11H12ClNO6S/c1-18-11-9(19-6-7-2-3-7)4-8(13(14)15)5-10(11)20(12,16)17/h4-5,7H,2-3,6H2,1H3. The molecule has 0 N–H and O–H groups in total. The molecule has 1 aliphatic rings. The second-order valence-corrected chi connectivity index (χ2v) is 6.96. The summed E-state index contributed by atoms with van der Waals surface area (Å²) in [6.45, 7) is 0.360.